The Morgan fingerprint density at radius 1 is 1.00 bits per heavy atom. The molecule has 0 bridgehead atoms. The third kappa shape index (κ3) is 5.32. The molecule has 1 N–H and O–H groups in total. The van der Waals surface area contributed by atoms with Crippen molar-refractivity contribution in [3.05, 3.63) is 76.2 Å². The predicted octanol–water partition coefficient (Wildman–Crippen LogP) is 4.35. The molecule has 3 aromatic rings. The molecule has 0 saturated heterocycles. The molecule has 0 aliphatic rings. The van der Waals surface area contributed by atoms with Crippen molar-refractivity contribution in [2.75, 3.05) is 26.1 Å². The third-order valence-corrected chi connectivity index (χ3v) is 4.77. The van der Waals surface area contributed by atoms with E-state index in [0.29, 0.717) is 11.3 Å². The van der Waals surface area contributed by atoms with Gasteiger partial charge in [-0.3, -0.25) is 9.59 Å². The van der Waals surface area contributed by atoms with E-state index in [1.807, 2.05) is 0 Å². The summed E-state index contributed by atoms with van der Waals surface area (Å²) in [4.78, 5) is 37.4. The van der Waals surface area contributed by atoms with E-state index < -0.39 is 18.5 Å². The summed E-state index contributed by atoms with van der Waals surface area (Å²) in [5.74, 6) is -1.16. The Morgan fingerprint density at radius 2 is 1.68 bits per heavy atom. The Balaban J connectivity index is 1.83. The molecule has 1 aromatic heterocycles. The highest BCUT2D eigenvalue weighted by molar-refractivity contribution is 9.10. The van der Waals surface area contributed by atoms with Crippen LogP contribution in [0, 0.1) is 0 Å². The van der Waals surface area contributed by atoms with Gasteiger partial charge in [0.05, 0.1) is 31.7 Å². The standard InChI is InChI=1S/C22H18BrNO7/c1-28-19-10-15(22(27)31-12-17(25)13-5-7-14(23)8-6-13)16(11-20(19)29-2)24-21(26)18-4-3-9-30-18/h3-11H,12H2,1-2H3,(H,24,26). The number of hydrogen-bond donors (Lipinski definition) is 1. The zero-order valence-corrected chi connectivity index (χ0v) is 18.2. The molecule has 0 radical (unpaired) electrons. The fourth-order valence-corrected chi connectivity index (χ4v) is 2.94. The first-order chi connectivity index (χ1) is 14.9. The van der Waals surface area contributed by atoms with Crippen molar-refractivity contribution in [2.24, 2.45) is 0 Å². The maximum atomic E-state index is 12.7. The number of anilines is 1. The van der Waals surface area contributed by atoms with E-state index in [1.54, 1.807) is 30.3 Å². The van der Waals surface area contributed by atoms with Crippen LogP contribution in [-0.4, -0.2) is 38.5 Å². The second kappa shape index (κ2) is 9.94. The van der Waals surface area contributed by atoms with Crippen LogP contribution in [0.5, 0.6) is 11.5 Å². The third-order valence-electron chi connectivity index (χ3n) is 4.24. The fourth-order valence-electron chi connectivity index (χ4n) is 2.67. The highest BCUT2D eigenvalue weighted by Gasteiger charge is 2.22. The van der Waals surface area contributed by atoms with Crippen LogP contribution in [0.25, 0.3) is 0 Å². The first-order valence-corrected chi connectivity index (χ1v) is 9.79. The van der Waals surface area contributed by atoms with Crippen LogP contribution in [0.3, 0.4) is 0 Å². The molecule has 0 aliphatic heterocycles. The lowest BCUT2D eigenvalue weighted by Crippen LogP contribution is -2.18. The van der Waals surface area contributed by atoms with Gasteiger partial charge in [-0.2, -0.15) is 0 Å². The molecule has 0 unspecified atom stereocenters. The van der Waals surface area contributed by atoms with Crippen molar-refractivity contribution in [3.8, 4) is 11.5 Å². The van der Waals surface area contributed by atoms with Gasteiger partial charge in [0.1, 0.15) is 0 Å². The van der Waals surface area contributed by atoms with E-state index in [-0.39, 0.29) is 28.5 Å². The normalized spacial score (nSPS) is 10.3. The summed E-state index contributed by atoms with van der Waals surface area (Å²) in [6.45, 7) is -0.472. The molecule has 31 heavy (non-hydrogen) atoms. The van der Waals surface area contributed by atoms with E-state index in [4.69, 9.17) is 18.6 Å². The monoisotopic (exact) mass is 487 g/mol. The molecule has 0 fully saturated rings. The number of carbonyl (C=O) groups excluding carboxylic acids is 3. The first-order valence-electron chi connectivity index (χ1n) is 8.99. The Hall–Kier alpha value is -3.59. The number of halogens is 1. The van der Waals surface area contributed by atoms with Gasteiger partial charge in [0.25, 0.3) is 5.91 Å². The summed E-state index contributed by atoms with van der Waals surface area (Å²) < 4.78 is 21.6. The molecule has 3 rings (SSSR count). The topological polar surface area (TPSA) is 104 Å². The van der Waals surface area contributed by atoms with Gasteiger partial charge in [0.15, 0.2) is 29.6 Å². The molecule has 9 heteroatoms. The van der Waals surface area contributed by atoms with E-state index in [0.717, 1.165) is 4.47 Å². The van der Waals surface area contributed by atoms with Crippen molar-refractivity contribution in [1.82, 2.24) is 0 Å². The molecular formula is C22H18BrNO7. The number of hydrogen-bond acceptors (Lipinski definition) is 7. The van der Waals surface area contributed by atoms with Crippen molar-refractivity contribution in [1.29, 1.82) is 0 Å². The highest BCUT2D eigenvalue weighted by Crippen LogP contribution is 2.34. The number of ketones is 1. The molecule has 8 nitrogen and oxygen atoms in total. The summed E-state index contributed by atoms with van der Waals surface area (Å²) in [6.07, 6.45) is 1.35. The van der Waals surface area contributed by atoms with Crippen LogP contribution >= 0.6 is 15.9 Å². The van der Waals surface area contributed by atoms with Crippen molar-refractivity contribution >= 4 is 39.3 Å². The van der Waals surface area contributed by atoms with Gasteiger partial charge >= 0.3 is 5.97 Å². The van der Waals surface area contributed by atoms with Crippen LogP contribution in [0.2, 0.25) is 0 Å². The number of methoxy groups -OCH3 is 2. The Kier molecular flexibility index (Phi) is 7.09. The second-order valence-corrected chi connectivity index (χ2v) is 7.11. The molecule has 2 aromatic carbocycles. The molecule has 0 spiro atoms. The van der Waals surface area contributed by atoms with Gasteiger partial charge in [-0.1, -0.05) is 28.1 Å². The highest BCUT2D eigenvalue weighted by atomic mass is 79.9. The SMILES string of the molecule is COc1cc(NC(=O)c2ccco2)c(C(=O)OCC(=O)c2ccc(Br)cc2)cc1OC. The number of rotatable bonds is 8. The summed E-state index contributed by atoms with van der Waals surface area (Å²) >= 11 is 3.29. The zero-order chi connectivity index (χ0) is 22.4. The van der Waals surface area contributed by atoms with E-state index in [9.17, 15) is 14.4 Å². The predicted molar refractivity (Wildman–Crippen MR) is 115 cm³/mol. The molecule has 160 valence electrons. The summed E-state index contributed by atoms with van der Waals surface area (Å²) in [6, 6.07) is 12.5. The number of furan rings is 1. The number of esters is 1. The summed E-state index contributed by atoms with van der Waals surface area (Å²) in [5, 5.41) is 2.59. The van der Waals surface area contributed by atoms with Crippen LogP contribution in [0.1, 0.15) is 31.3 Å². The van der Waals surface area contributed by atoms with Crippen LogP contribution in [-0.2, 0) is 4.74 Å². The van der Waals surface area contributed by atoms with Gasteiger partial charge in [0.2, 0.25) is 0 Å². The minimum atomic E-state index is -0.818. The minimum Gasteiger partial charge on any atom is -0.493 e. The summed E-state index contributed by atoms with van der Waals surface area (Å²) in [7, 11) is 2.83. The number of benzene rings is 2. The van der Waals surface area contributed by atoms with Gasteiger partial charge in [-0.25, -0.2) is 4.79 Å². The molecule has 1 heterocycles. The maximum Gasteiger partial charge on any atom is 0.340 e. The maximum absolute atomic E-state index is 12.7. The van der Waals surface area contributed by atoms with Crippen molar-refractivity contribution in [3.63, 3.8) is 0 Å². The largest absolute Gasteiger partial charge is 0.493 e. The van der Waals surface area contributed by atoms with Gasteiger partial charge < -0.3 is 23.9 Å². The zero-order valence-electron chi connectivity index (χ0n) is 16.6. The number of ether oxygens (including phenoxy) is 3. The van der Waals surface area contributed by atoms with Gasteiger partial charge in [-0.05, 0) is 24.3 Å². The Bertz CT molecular complexity index is 1090. The molecule has 0 atom stereocenters. The van der Waals surface area contributed by atoms with E-state index in [1.165, 1.54) is 38.7 Å². The minimum absolute atomic E-state index is 0.0128. The van der Waals surface area contributed by atoms with Crippen LogP contribution in [0.4, 0.5) is 5.69 Å². The van der Waals surface area contributed by atoms with E-state index in [2.05, 4.69) is 21.2 Å². The van der Waals surface area contributed by atoms with Crippen molar-refractivity contribution < 1.29 is 33.0 Å². The fraction of sp³-hybridized carbons (Fsp3) is 0.136. The number of nitrogens with one attached hydrogen (secondary N) is 1. The van der Waals surface area contributed by atoms with Crippen LogP contribution in [0.15, 0.2) is 63.7 Å². The molecule has 0 saturated carbocycles. The lowest BCUT2D eigenvalue weighted by atomic mass is 10.1. The Morgan fingerprint density at radius 3 is 2.29 bits per heavy atom. The lowest BCUT2D eigenvalue weighted by molar-refractivity contribution is 0.0475. The molecule has 0 aliphatic carbocycles. The van der Waals surface area contributed by atoms with E-state index >= 15 is 0 Å². The average Bonchev–Trinajstić information content (AvgIpc) is 3.32. The quantitative estimate of drug-likeness (QED) is 0.371. The summed E-state index contributed by atoms with van der Waals surface area (Å²) in [5.41, 5.74) is 0.496. The molecular weight excluding hydrogens is 470 g/mol. The first kappa shape index (κ1) is 22.1. The number of amides is 1. The average molecular weight is 488 g/mol. The Labute approximate surface area is 186 Å². The number of carbonyl (C=O) groups is 3. The van der Waals surface area contributed by atoms with Crippen molar-refractivity contribution in [2.45, 2.75) is 0 Å². The van der Waals surface area contributed by atoms with Crippen LogP contribution < -0.4 is 14.8 Å². The number of Topliss-reactive ketones (excluding diaryl/α,β-unsaturated/α-hetero) is 1. The molecule has 1 amide bonds. The second-order valence-electron chi connectivity index (χ2n) is 6.19. The smallest absolute Gasteiger partial charge is 0.340 e. The van der Waals surface area contributed by atoms with Gasteiger partial charge in [0, 0.05) is 22.2 Å². The lowest BCUT2D eigenvalue weighted by Gasteiger charge is -2.15. The van der Waals surface area contributed by atoms with Gasteiger partial charge in [-0.15, -0.1) is 0 Å².